The van der Waals surface area contributed by atoms with Crippen LogP contribution in [0.1, 0.15) is 130 Å². The van der Waals surface area contributed by atoms with Gasteiger partial charge in [0.1, 0.15) is 9.13 Å². The third kappa shape index (κ3) is 12.1. The van der Waals surface area contributed by atoms with Gasteiger partial charge in [-0.1, -0.05) is 103 Å². The van der Waals surface area contributed by atoms with Crippen LogP contribution in [-0.2, 0) is 6.14 Å². The van der Waals surface area contributed by atoms with Crippen LogP contribution in [-0.4, -0.2) is 28.8 Å². The Bertz CT molecular complexity index is 810. The van der Waals surface area contributed by atoms with E-state index in [1.807, 2.05) is 0 Å². The lowest BCUT2D eigenvalue weighted by molar-refractivity contribution is 0.0675. The van der Waals surface area contributed by atoms with Gasteiger partial charge in [0.25, 0.3) is 0 Å². The molecule has 0 aromatic heterocycles. The minimum atomic E-state index is -4.29. The van der Waals surface area contributed by atoms with E-state index in [1.54, 1.807) is 0 Å². The molecule has 0 spiro atoms. The van der Waals surface area contributed by atoms with Crippen molar-refractivity contribution >= 4 is 31.7 Å². The molecular weight excluding hydrogens is 551 g/mol. The summed E-state index contributed by atoms with van der Waals surface area (Å²) in [5.74, 6) is -3.12. The Hall–Kier alpha value is -1.71. The molecule has 0 aliphatic heterocycles. The van der Waals surface area contributed by atoms with Crippen molar-refractivity contribution in [3.63, 3.8) is 0 Å². The van der Waals surface area contributed by atoms with E-state index >= 15 is 0 Å². The first kappa shape index (κ1) is 30.3. The quantitative estimate of drug-likeness (QED) is 0.109. The summed E-state index contributed by atoms with van der Waals surface area (Å²) in [7, 11) is 0. The predicted octanol–water partition coefficient (Wildman–Crippen LogP) is 8.09. The van der Waals surface area contributed by atoms with Crippen LogP contribution < -0.4 is 4.74 Å². The smallest absolute Gasteiger partial charge is 0.345 e. The fraction of sp³-hybridized carbons (Fsp3) is 0.692. The Morgan fingerprint density at radius 3 is 1.44 bits per heavy atom. The van der Waals surface area contributed by atoms with Crippen LogP contribution >= 0.6 is 19.8 Å². The van der Waals surface area contributed by atoms with Crippen LogP contribution in [0.5, 0.6) is 5.75 Å². The lowest BCUT2D eigenvalue weighted by atomic mass is 10.0. The number of hydrogen-bond acceptors (Lipinski definition) is 5. The molecule has 0 bridgehead atoms. The molecule has 34 heavy (non-hydrogen) atoms. The summed E-state index contributed by atoms with van der Waals surface area (Å²) in [4.78, 5) is 22.8. The second-order valence-corrected chi connectivity index (χ2v) is 11.1. The highest BCUT2D eigenvalue weighted by Gasteiger charge is 2.25. The predicted molar refractivity (Wildman–Crippen MR) is 139 cm³/mol. The molecule has 0 aliphatic carbocycles. The molecule has 2 N–H and O–H groups in total. The van der Waals surface area contributed by atoms with E-state index in [2.05, 4.69) is 6.92 Å². The van der Waals surface area contributed by atoms with Gasteiger partial charge in [0.15, 0.2) is 5.75 Å². The van der Waals surface area contributed by atoms with Gasteiger partial charge in [0.2, 0.25) is 0 Å². The van der Waals surface area contributed by atoms with Gasteiger partial charge in [-0.15, -0.1) is 0 Å². The fourth-order valence-electron chi connectivity index (χ4n) is 4.01. The highest BCUT2D eigenvalue weighted by atomic mass is 127. The van der Waals surface area contributed by atoms with Gasteiger partial charge < -0.3 is 14.9 Å². The largest absolute Gasteiger partial charge is 0.491 e. The lowest BCUT2D eigenvalue weighted by Crippen LogP contribution is -2.10. The van der Waals surface area contributed by atoms with Crippen LogP contribution in [0.15, 0.2) is 12.1 Å². The fourth-order valence-corrected chi connectivity index (χ4v) is 5.74. The normalized spacial score (nSPS) is 11.1. The van der Waals surface area contributed by atoms with E-state index in [-0.39, 0.29) is 17.9 Å². The van der Waals surface area contributed by atoms with Crippen molar-refractivity contribution in [1.29, 1.82) is 0 Å². The van der Waals surface area contributed by atoms with Crippen LogP contribution in [0.3, 0.4) is 0 Å². The maximum Gasteiger partial charge on any atom is 0.345 e. The third-order valence-electron chi connectivity index (χ3n) is 5.96. The average Bonchev–Trinajstić information content (AvgIpc) is 2.80. The molecule has 1 rings (SSSR count). The molecule has 8 heteroatoms. The number of rotatable bonds is 21. The van der Waals surface area contributed by atoms with Crippen LogP contribution in [0.4, 0.5) is 0 Å². The Morgan fingerprint density at radius 1 is 0.676 bits per heavy atom. The van der Waals surface area contributed by atoms with Gasteiger partial charge in [0, 0.05) is 0 Å². The Labute approximate surface area is 210 Å². The molecule has 0 atom stereocenters. The lowest BCUT2D eigenvalue weighted by Gasteiger charge is -2.12. The molecule has 0 unspecified atom stereocenters. The monoisotopic (exact) mass is 592 g/mol. The van der Waals surface area contributed by atoms with Crippen LogP contribution in [0.25, 0.3) is 0 Å². The summed E-state index contributed by atoms with van der Waals surface area (Å²) < 4.78 is 28.4. The molecule has 7 nitrogen and oxygen atoms in total. The number of benzene rings is 1. The Balaban J connectivity index is 2.21. The molecule has 1 aromatic rings. The average molecular weight is 593 g/mol. The molecule has 1 aromatic carbocycles. The van der Waals surface area contributed by atoms with Crippen molar-refractivity contribution in [2.75, 3.05) is 6.61 Å². The summed E-state index contributed by atoms with van der Waals surface area (Å²) >= 11 is -4.29. The Kier molecular flexibility index (Phi) is 16.6. The minimum Gasteiger partial charge on any atom is -0.491 e. The van der Waals surface area contributed by atoms with Crippen molar-refractivity contribution in [2.45, 2.75) is 110 Å². The Morgan fingerprint density at radius 2 is 1.06 bits per heavy atom. The molecule has 0 saturated carbocycles. The number of ether oxygens (including phenoxy) is 1. The van der Waals surface area contributed by atoms with E-state index in [4.69, 9.17) is 4.74 Å². The summed E-state index contributed by atoms with van der Waals surface area (Å²) in [6.07, 6.45) is 19.7. The zero-order valence-electron chi connectivity index (χ0n) is 20.5. The minimum absolute atomic E-state index is 0.152. The molecular formula is C26H41IO7. The molecule has 0 radical (unpaired) electrons. The van der Waals surface area contributed by atoms with Gasteiger partial charge in [-0.3, -0.25) is 0 Å². The summed E-state index contributed by atoms with van der Waals surface area (Å²) in [6.45, 7) is 2.40. The second kappa shape index (κ2) is 18.6. The van der Waals surface area contributed by atoms with Gasteiger partial charge in [-0.25, -0.2) is 15.7 Å². The summed E-state index contributed by atoms with van der Waals surface area (Å²) in [6, 6.07) is 2.08. The number of hydrogen-bond donors (Lipinski definition) is 2. The molecule has 0 saturated heterocycles. The van der Waals surface area contributed by atoms with Gasteiger partial charge >= 0.3 is 31.7 Å². The van der Waals surface area contributed by atoms with E-state index in [9.17, 15) is 25.9 Å². The maximum atomic E-state index is 11.7. The molecule has 0 amide bonds. The molecule has 194 valence electrons. The van der Waals surface area contributed by atoms with Crippen molar-refractivity contribution in [1.82, 2.24) is 0 Å². The first-order chi connectivity index (χ1) is 16.4. The first-order valence-electron chi connectivity index (χ1n) is 12.7. The van der Waals surface area contributed by atoms with Gasteiger partial charge in [0.05, 0.1) is 12.2 Å². The second-order valence-electron chi connectivity index (χ2n) is 8.78. The topological polar surface area (TPSA) is 118 Å². The van der Waals surface area contributed by atoms with E-state index in [0.717, 1.165) is 31.4 Å². The summed E-state index contributed by atoms with van der Waals surface area (Å²) in [5, 5.41) is 18.6. The summed E-state index contributed by atoms with van der Waals surface area (Å²) in [5.41, 5.74) is -0.771. The van der Waals surface area contributed by atoms with Crippen molar-refractivity contribution < 1.29 is 30.7 Å². The highest BCUT2D eigenvalue weighted by molar-refractivity contribution is 14.2. The SMILES string of the molecule is CCCCCCCCCCCCCCCCCCOc1c(C(=O)O)ccc(C(=O)O)c1I(=O)=O. The number of carbonyl (C=O) groups is 2. The zero-order valence-corrected chi connectivity index (χ0v) is 22.6. The van der Waals surface area contributed by atoms with Crippen molar-refractivity contribution in [3.05, 3.63) is 26.8 Å². The van der Waals surface area contributed by atoms with Crippen molar-refractivity contribution in [2.24, 2.45) is 0 Å². The van der Waals surface area contributed by atoms with Crippen molar-refractivity contribution in [3.8, 4) is 5.75 Å². The molecule has 0 heterocycles. The standard InChI is InChI=1S/C26H41IO7/c1-2-3-4-5-6-7-8-9-10-11-12-13-14-15-16-17-20-34-24-22(26(30)31)19-18-21(25(28)29)23(24)27(32)33/h18-19H,2-17,20H2,1H3,(H,28,29)(H,30,31). The number of halogens is 1. The zero-order chi connectivity index (χ0) is 25.2. The number of carboxylic acids is 2. The molecule has 0 fully saturated rings. The molecule has 0 aliphatic rings. The van der Waals surface area contributed by atoms with Crippen LogP contribution in [0.2, 0.25) is 0 Å². The van der Waals surface area contributed by atoms with E-state index in [0.29, 0.717) is 6.42 Å². The maximum absolute atomic E-state index is 11.7. The number of aromatic carboxylic acids is 2. The number of unbranched alkanes of at least 4 members (excludes halogenated alkanes) is 15. The third-order valence-corrected chi connectivity index (χ3v) is 7.91. The van der Waals surface area contributed by atoms with E-state index in [1.165, 1.54) is 77.0 Å². The van der Waals surface area contributed by atoms with E-state index < -0.39 is 40.9 Å². The van der Waals surface area contributed by atoms with Gasteiger partial charge in [-0.05, 0) is 18.6 Å². The number of carboxylic acid groups (broad SMARTS) is 2. The first-order valence-corrected chi connectivity index (χ1v) is 15.6. The van der Waals surface area contributed by atoms with Gasteiger partial charge in [-0.2, -0.15) is 0 Å². The van der Waals surface area contributed by atoms with Crippen LogP contribution in [0, 0.1) is 3.57 Å². The highest BCUT2D eigenvalue weighted by Crippen LogP contribution is 2.35.